The van der Waals surface area contributed by atoms with Gasteiger partial charge >= 0.3 is 0 Å². The van der Waals surface area contributed by atoms with Crippen LogP contribution in [0.5, 0.6) is 0 Å². The average molecular weight is 164 g/mol. The number of hydrogen-bond acceptors (Lipinski definition) is 2. The van der Waals surface area contributed by atoms with Gasteiger partial charge in [0, 0.05) is 5.92 Å². The molecule has 1 aromatic rings. The molecule has 2 atom stereocenters. The Balaban J connectivity index is 2.04. The summed E-state index contributed by atoms with van der Waals surface area (Å²) < 4.78 is 4.86. The fourth-order valence-corrected chi connectivity index (χ4v) is 1.64. The second-order valence-corrected chi connectivity index (χ2v) is 3.39. The number of furan rings is 1. The lowest BCUT2D eigenvalue weighted by Gasteiger charge is -1.92. The number of ketones is 1. The van der Waals surface area contributed by atoms with Crippen LogP contribution in [0.3, 0.4) is 0 Å². The second kappa shape index (κ2) is 2.77. The highest BCUT2D eigenvalue weighted by atomic mass is 16.3. The summed E-state index contributed by atoms with van der Waals surface area (Å²) >= 11 is 0. The lowest BCUT2D eigenvalue weighted by Crippen LogP contribution is -2.01. The smallest absolute Gasteiger partial charge is 0.169 e. The van der Waals surface area contributed by atoms with Crippen molar-refractivity contribution in [1.29, 1.82) is 0 Å². The fraction of sp³-hybridized carbons (Fsp3) is 0.500. The number of Topliss-reactive ketones (excluding diaryl/α,β-unsaturated/α-hetero) is 1. The van der Waals surface area contributed by atoms with Gasteiger partial charge in [0.2, 0.25) is 0 Å². The molecule has 1 aromatic heterocycles. The van der Waals surface area contributed by atoms with Gasteiger partial charge in [-0.3, -0.25) is 4.79 Å². The van der Waals surface area contributed by atoms with Crippen LogP contribution in [0.2, 0.25) is 0 Å². The van der Waals surface area contributed by atoms with Gasteiger partial charge in [-0.15, -0.1) is 0 Å². The molecule has 1 aliphatic rings. The Morgan fingerprint density at radius 3 is 3.08 bits per heavy atom. The zero-order valence-corrected chi connectivity index (χ0v) is 7.12. The minimum atomic E-state index is 0.260. The minimum Gasteiger partial charge on any atom is -0.472 e. The van der Waals surface area contributed by atoms with E-state index in [0.29, 0.717) is 5.92 Å². The van der Waals surface area contributed by atoms with Crippen LogP contribution in [0.25, 0.3) is 0 Å². The molecule has 2 heteroatoms. The Morgan fingerprint density at radius 1 is 1.75 bits per heavy atom. The molecule has 0 aliphatic heterocycles. The van der Waals surface area contributed by atoms with E-state index < -0.39 is 0 Å². The number of carbonyl (C=O) groups excluding carboxylic acids is 1. The second-order valence-electron chi connectivity index (χ2n) is 3.39. The molecule has 0 radical (unpaired) electrons. The third-order valence-corrected chi connectivity index (χ3v) is 2.59. The average Bonchev–Trinajstić information content (AvgIpc) is 2.68. The van der Waals surface area contributed by atoms with E-state index in [0.717, 1.165) is 18.4 Å². The SMILES string of the molecule is CC[C@@H]1C[C@H]1C(=O)c1ccoc1. The molecule has 2 rings (SSSR count). The lowest BCUT2D eigenvalue weighted by molar-refractivity contribution is 0.0960. The van der Waals surface area contributed by atoms with Gasteiger partial charge in [-0.25, -0.2) is 0 Å². The molecule has 1 fully saturated rings. The third kappa shape index (κ3) is 1.17. The first-order valence-corrected chi connectivity index (χ1v) is 4.39. The van der Waals surface area contributed by atoms with E-state index in [1.54, 1.807) is 12.3 Å². The molecular weight excluding hydrogens is 152 g/mol. The van der Waals surface area contributed by atoms with E-state index in [9.17, 15) is 4.79 Å². The highest BCUT2D eigenvalue weighted by Crippen LogP contribution is 2.43. The molecule has 64 valence electrons. The lowest BCUT2D eigenvalue weighted by atomic mass is 10.1. The molecular formula is C10H12O2. The van der Waals surface area contributed by atoms with Crippen LogP contribution >= 0.6 is 0 Å². The number of carbonyl (C=O) groups is 1. The van der Waals surface area contributed by atoms with Crippen molar-refractivity contribution in [3.05, 3.63) is 24.2 Å². The van der Waals surface area contributed by atoms with Crippen molar-refractivity contribution in [2.75, 3.05) is 0 Å². The van der Waals surface area contributed by atoms with Gasteiger partial charge < -0.3 is 4.42 Å². The summed E-state index contributed by atoms with van der Waals surface area (Å²) in [6.45, 7) is 2.13. The minimum absolute atomic E-state index is 0.260. The number of hydrogen-bond donors (Lipinski definition) is 0. The molecule has 2 nitrogen and oxygen atoms in total. The molecule has 0 saturated heterocycles. The zero-order chi connectivity index (χ0) is 8.55. The molecule has 1 aliphatic carbocycles. The summed E-state index contributed by atoms with van der Waals surface area (Å²) in [6, 6.07) is 1.74. The maximum Gasteiger partial charge on any atom is 0.169 e. The Hall–Kier alpha value is -1.05. The zero-order valence-electron chi connectivity index (χ0n) is 7.12. The predicted molar refractivity (Wildman–Crippen MR) is 44.9 cm³/mol. The normalized spacial score (nSPS) is 27.1. The molecule has 0 spiro atoms. The van der Waals surface area contributed by atoms with Crippen LogP contribution in [0.1, 0.15) is 30.1 Å². The highest BCUT2D eigenvalue weighted by molar-refractivity contribution is 5.99. The van der Waals surface area contributed by atoms with E-state index in [2.05, 4.69) is 6.92 Å². The van der Waals surface area contributed by atoms with E-state index in [1.165, 1.54) is 6.26 Å². The van der Waals surface area contributed by atoms with Gasteiger partial charge in [0.05, 0.1) is 11.8 Å². The quantitative estimate of drug-likeness (QED) is 0.642. The Bertz CT molecular complexity index is 274. The van der Waals surface area contributed by atoms with Gasteiger partial charge in [-0.05, 0) is 18.4 Å². The van der Waals surface area contributed by atoms with E-state index in [-0.39, 0.29) is 11.7 Å². The summed E-state index contributed by atoms with van der Waals surface area (Å²) in [5, 5.41) is 0. The van der Waals surface area contributed by atoms with Crippen molar-refractivity contribution >= 4 is 5.78 Å². The first-order valence-electron chi connectivity index (χ1n) is 4.39. The monoisotopic (exact) mass is 164 g/mol. The van der Waals surface area contributed by atoms with Gasteiger partial charge in [-0.2, -0.15) is 0 Å². The summed E-state index contributed by atoms with van der Waals surface area (Å²) in [6.07, 6.45) is 5.28. The van der Waals surface area contributed by atoms with E-state index in [4.69, 9.17) is 4.42 Å². The fourth-order valence-electron chi connectivity index (χ4n) is 1.64. The van der Waals surface area contributed by atoms with Gasteiger partial charge in [0.1, 0.15) is 6.26 Å². The van der Waals surface area contributed by atoms with Crippen LogP contribution in [0.15, 0.2) is 23.0 Å². The summed E-state index contributed by atoms with van der Waals surface area (Å²) in [4.78, 5) is 11.6. The molecule has 0 N–H and O–H groups in total. The predicted octanol–water partition coefficient (Wildman–Crippen LogP) is 2.51. The van der Waals surface area contributed by atoms with Gasteiger partial charge in [0.25, 0.3) is 0 Å². The van der Waals surface area contributed by atoms with Crippen LogP contribution < -0.4 is 0 Å². The van der Waals surface area contributed by atoms with Crippen molar-refractivity contribution < 1.29 is 9.21 Å². The van der Waals surface area contributed by atoms with Crippen molar-refractivity contribution in [3.8, 4) is 0 Å². The van der Waals surface area contributed by atoms with E-state index >= 15 is 0 Å². The van der Waals surface area contributed by atoms with Gasteiger partial charge in [0.15, 0.2) is 5.78 Å². The maximum atomic E-state index is 11.6. The van der Waals surface area contributed by atoms with Crippen molar-refractivity contribution in [2.24, 2.45) is 11.8 Å². The van der Waals surface area contributed by atoms with Crippen LogP contribution in [0, 0.1) is 11.8 Å². The highest BCUT2D eigenvalue weighted by Gasteiger charge is 2.41. The molecule has 0 unspecified atom stereocenters. The molecule has 1 saturated carbocycles. The third-order valence-electron chi connectivity index (χ3n) is 2.59. The summed E-state index contributed by atoms with van der Waals surface area (Å²) in [5.74, 6) is 1.18. The van der Waals surface area contributed by atoms with Crippen LogP contribution in [0.4, 0.5) is 0 Å². The first kappa shape index (κ1) is 7.59. The Labute approximate surface area is 71.6 Å². The summed E-state index contributed by atoms with van der Waals surface area (Å²) in [7, 11) is 0. The molecule has 12 heavy (non-hydrogen) atoms. The Kier molecular flexibility index (Phi) is 1.75. The van der Waals surface area contributed by atoms with Crippen LogP contribution in [-0.2, 0) is 0 Å². The molecule has 1 heterocycles. The molecule has 0 aromatic carbocycles. The molecule has 0 bridgehead atoms. The Morgan fingerprint density at radius 2 is 2.58 bits per heavy atom. The number of rotatable bonds is 3. The maximum absolute atomic E-state index is 11.6. The van der Waals surface area contributed by atoms with Gasteiger partial charge in [-0.1, -0.05) is 13.3 Å². The van der Waals surface area contributed by atoms with E-state index in [1.807, 2.05) is 0 Å². The van der Waals surface area contributed by atoms with Crippen LogP contribution in [-0.4, -0.2) is 5.78 Å². The van der Waals surface area contributed by atoms with Crippen molar-refractivity contribution in [2.45, 2.75) is 19.8 Å². The standard InChI is InChI=1S/C10H12O2/c1-2-7-5-9(7)10(11)8-3-4-12-6-8/h3-4,6-7,9H,2,5H2,1H3/t7-,9-/m1/s1. The first-order chi connectivity index (χ1) is 5.83. The topological polar surface area (TPSA) is 30.2 Å². The largest absolute Gasteiger partial charge is 0.472 e. The van der Waals surface area contributed by atoms with Crippen molar-refractivity contribution in [1.82, 2.24) is 0 Å². The summed E-state index contributed by atoms with van der Waals surface area (Å²) in [5.41, 5.74) is 0.732. The molecule has 0 amide bonds. The van der Waals surface area contributed by atoms with Crippen molar-refractivity contribution in [3.63, 3.8) is 0 Å².